The van der Waals surface area contributed by atoms with E-state index in [1.807, 2.05) is 32.9 Å². The zero-order valence-electron chi connectivity index (χ0n) is 13.0. The van der Waals surface area contributed by atoms with E-state index >= 15 is 0 Å². The third kappa shape index (κ3) is 7.65. The molecule has 0 aliphatic heterocycles. The molecular formula is C15H27NO4. The number of nitrogens with zero attached hydrogens (tertiary/aromatic N) is 1. The van der Waals surface area contributed by atoms with Gasteiger partial charge < -0.3 is 19.0 Å². The van der Waals surface area contributed by atoms with E-state index in [2.05, 4.69) is 4.90 Å². The second-order valence-electron chi connectivity index (χ2n) is 5.88. The molecule has 1 heterocycles. The van der Waals surface area contributed by atoms with Crippen molar-refractivity contribution in [2.45, 2.75) is 39.0 Å². The lowest BCUT2D eigenvalue weighted by molar-refractivity contribution is -0.0580. The summed E-state index contributed by atoms with van der Waals surface area (Å²) in [7, 11) is 1.67. The summed E-state index contributed by atoms with van der Waals surface area (Å²) in [6, 6.07) is 3.79. The number of rotatable bonds is 9. The Hall–Kier alpha value is -0.880. The minimum atomic E-state index is -0.527. The molecule has 0 unspecified atom stereocenters. The number of hydrogen-bond acceptors (Lipinski definition) is 5. The van der Waals surface area contributed by atoms with E-state index in [4.69, 9.17) is 13.9 Å². The zero-order chi connectivity index (χ0) is 15.0. The third-order valence-electron chi connectivity index (χ3n) is 2.75. The number of aliphatic hydroxyl groups excluding tert-OH is 1. The Morgan fingerprint density at radius 1 is 1.40 bits per heavy atom. The summed E-state index contributed by atoms with van der Waals surface area (Å²) >= 11 is 0. The fourth-order valence-corrected chi connectivity index (χ4v) is 1.78. The average molecular weight is 285 g/mol. The topological polar surface area (TPSA) is 55.1 Å². The minimum Gasteiger partial charge on any atom is -0.468 e. The van der Waals surface area contributed by atoms with Crippen LogP contribution in [-0.2, 0) is 16.0 Å². The molecular weight excluding hydrogens is 258 g/mol. The van der Waals surface area contributed by atoms with E-state index in [9.17, 15) is 5.11 Å². The normalized spacial score (nSPS) is 13.9. The van der Waals surface area contributed by atoms with Crippen molar-refractivity contribution in [1.29, 1.82) is 0 Å². The quantitative estimate of drug-likeness (QED) is 0.751. The van der Waals surface area contributed by atoms with E-state index < -0.39 is 6.10 Å². The highest BCUT2D eigenvalue weighted by Gasteiger charge is 2.17. The predicted octanol–water partition coefficient (Wildman–Crippen LogP) is 1.90. The lowest BCUT2D eigenvalue weighted by Gasteiger charge is -2.26. The Labute approximate surface area is 121 Å². The molecule has 0 saturated carbocycles. The van der Waals surface area contributed by atoms with Crippen LogP contribution in [0.1, 0.15) is 26.5 Å². The summed E-state index contributed by atoms with van der Waals surface area (Å²) in [4.78, 5) is 2.10. The molecule has 1 N–H and O–H groups in total. The van der Waals surface area contributed by atoms with Crippen LogP contribution in [0.5, 0.6) is 0 Å². The van der Waals surface area contributed by atoms with Gasteiger partial charge in [-0.05, 0) is 32.9 Å². The summed E-state index contributed by atoms with van der Waals surface area (Å²) < 4.78 is 16.0. The highest BCUT2D eigenvalue weighted by molar-refractivity contribution is 4.97. The molecule has 20 heavy (non-hydrogen) atoms. The molecule has 5 heteroatoms. The van der Waals surface area contributed by atoms with Gasteiger partial charge in [-0.1, -0.05) is 0 Å². The van der Waals surface area contributed by atoms with Crippen LogP contribution in [0.4, 0.5) is 0 Å². The highest BCUT2D eigenvalue weighted by Crippen LogP contribution is 2.09. The summed E-state index contributed by atoms with van der Waals surface area (Å²) in [5.74, 6) is 0.880. The minimum absolute atomic E-state index is 0.237. The van der Waals surface area contributed by atoms with Crippen molar-refractivity contribution >= 4 is 0 Å². The van der Waals surface area contributed by atoms with Crippen molar-refractivity contribution in [3.8, 4) is 0 Å². The summed E-state index contributed by atoms with van der Waals surface area (Å²) in [5.41, 5.74) is -0.237. The van der Waals surface area contributed by atoms with E-state index in [1.54, 1.807) is 13.4 Å². The lowest BCUT2D eigenvalue weighted by Crippen LogP contribution is -2.38. The van der Waals surface area contributed by atoms with E-state index in [0.717, 1.165) is 12.3 Å². The lowest BCUT2D eigenvalue weighted by atomic mass is 10.2. The largest absolute Gasteiger partial charge is 0.468 e. The molecule has 0 fully saturated rings. The molecule has 0 bridgehead atoms. The number of methoxy groups -OCH3 is 1. The van der Waals surface area contributed by atoms with Crippen molar-refractivity contribution in [2.75, 3.05) is 33.4 Å². The first-order valence-electron chi connectivity index (χ1n) is 6.96. The van der Waals surface area contributed by atoms with Gasteiger partial charge >= 0.3 is 0 Å². The van der Waals surface area contributed by atoms with Gasteiger partial charge in [0.2, 0.25) is 0 Å². The SMILES string of the molecule is COCCN(Cc1ccco1)C[C@H](O)COC(C)(C)C. The van der Waals surface area contributed by atoms with Crippen LogP contribution in [-0.4, -0.2) is 55.1 Å². The Morgan fingerprint density at radius 2 is 2.15 bits per heavy atom. The van der Waals surface area contributed by atoms with E-state index in [0.29, 0.717) is 26.3 Å². The maximum Gasteiger partial charge on any atom is 0.117 e. The summed E-state index contributed by atoms with van der Waals surface area (Å²) in [6.07, 6.45) is 1.13. The number of furan rings is 1. The van der Waals surface area contributed by atoms with Gasteiger partial charge in [0.1, 0.15) is 5.76 Å². The van der Waals surface area contributed by atoms with Gasteiger partial charge in [0.15, 0.2) is 0 Å². The maximum atomic E-state index is 10.1. The number of ether oxygens (including phenoxy) is 2. The first kappa shape index (κ1) is 17.2. The van der Waals surface area contributed by atoms with Crippen LogP contribution in [0.3, 0.4) is 0 Å². The van der Waals surface area contributed by atoms with Crippen LogP contribution in [0.25, 0.3) is 0 Å². The number of aliphatic hydroxyl groups is 1. The monoisotopic (exact) mass is 285 g/mol. The van der Waals surface area contributed by atoms with Gasteiger partial charge in [0.25, 0.3) is 0 Å². The van der Waals surface area contributed by atoms with Crippen LogP contribution >= 0.6 is 0 Å². The summed E-state index contributed by atoms with van der Waals surface area (Å²) in [5, 5.41) is 10.1. The Balaban J connectivity index is 2.42. The van der Waals surface area contributed by atoms with Crippen LogP contribution in [0.15, 0.2) is 22.8 Å². The molecule has 1 rings (SSSR count). The van der Waals surface area contributed by atoms with Crippen LogP contribution in [0.2, 0.25) is 0 Å². The van der Waals surface area contributed by atoms with Gasteiger partial charge in [0, 0.05) is 20.2 Å². The van der Waals surface area contributed by atoms with Crippen molar-refractivity contribution in [2.24, 2.45) is 0 Å². The fraction of sp³-hybridized carbons (Fsp3) is 0.733. The standard InChI is InChI=1S/C15H27NO4/c1-15(2,3)20-12-13(17)10-16(7-9-18-4)11-14-6-5-8-19-14/h5-6,8,13,17H,7,9-12H2,1-4H3/t13-/m0/s1. The third-order valence-corrected chi connectivity index (χ3v) is 2.75. The summed E-state index contributed by atoms with van der Waals surface area (Å²) in [6.45, 7) is 8.80. The van der Waals surface area contributed by atoms with Crippen molar-refractivity contribution in [3.63, 3.8) is 0 Å². The molecule has 1 atom stereocenters. The molecule has 0 aliphatic rings. The van der Waals surface area contributed by atoms with Crippen molar-refractivity contribution in [3.05, 3.63) is 24.2 Å². The van der Waals surface area contributed by atoms with E-state index in [1.165, 1.54) is 0 Å². The molecule has 0 radical (unpaired) electrons. The zero-order valence-corrected chi connectivity index (χ0v) is 13.0. The second kappa shape index (κ2) is 8.42. The first-order chi connectivity index (χ1) is 9.40. The van der Waals surface area contributed by atoms with Gasteiger partial charge in [-0.15, -0.1) is 0 Å². The van der Waals surface area contributed by atoms with Crippen LogP contribution in [0, 0.1) is 0 Å². The Kier molecular flexibility index (Phi) is 7.23. The number of hydrogen-bond donors (Lipinski definition) is 1. The van der Waals surface area contributed by atoms with Gasteiger partial charge in [-0.25, -0.2) is 0 Å². The molecule has 0 aromatic carbocycles. The first-order valence-corrected chi connectivity index (χ1v) is 6.96. The van der Waals surface area contributed by atoms with Gasteiger partial charge in [-0.3, -0.25) is 4.90 Å². The molecule has 116 valence electrons. The second-order valence-corrected chi connectivity index (χ2v) is 5.88. The van der Waals surface area contributed by atoms with E-state index in [-0.39, 0.29) is 5.60 Å². The van der Waals surface area contributed by atoms with Crippen LogP contribution < -0.4 is 0 Å². The fourth-order valence-electron chi connectivity index (χ4n) is 1.78. The molecule has 0 aliphatic carbocycles. The average Bonchev–Trinajstić information content (AvgIpc) is 2.85. The smallest absolute Gasteiger partial charge is 0.117 e. The molecule has 0 saturated heterocycles. The van der Waals surface area contributed by atoms with Gasteiger partial charge in [0.05, 0.1) is 37.7 Å². The molecule has 1 aromatic rings. The molecule has 0 amide bonds. The van der Waals surface area contributed by atoms with Gasteiger partial charge in [-0.2, -0.15) is 0 Å². The molecule has 5 nitrogen and oxygen atoms in total. The maximum absolute atomic E-state index is 10.1. The Bertz CT molecular complexity index is 345. The van der Waals surface area contributed by atoms with Crippen molar-refractivity contribution in [1.82, 2.24) is 4.90 Å². The highest BCUT2D eigenvalue weighted by atomic mass is 16.5. The Morgan fingerprint density at radius 3 is 2.70 bits per heavy atom. The predicted molar refractivity (Wildman–Crippen MR) is 77.6 cm³/mol. The molecule has 0 spiro atoms. The molecule has 1 aromatic heterocycles. The van der Waals surface area contributed by atoms with Crippen molar-refractivity contribution < 1.29 is 19.0 Å².